The molecule has 1 atom stereocenters. The lowest BCUT2D eigenvalue weighted by atomic mass is 9.95. The van der Waals surface area contributed by atoms with Crippen LogP contribution < -0.4 is 5.73 Å². The molecule has 1 unspecified atom stereocenters. The number of nitrogens with zero attached hydrogens (tertiary/aromatic N) is 1. The number of carboxylic acids is 1. The van der Waals surface area contributed by atoms with Crippen LogP contribution in [0.25, 0.3) is 0 Å². The van der Waals surface area contributed by atoms with Crippen molar-refractivity contribution >= 4 is 11.7 Å². The molecule has 1 heterocycles. The SMILES string of the molecule is CN1CCC(c2ccc(C(=O)O)cc2N)C1. The maximum atomic E-state index is 10.8. The Balaban J connectivity index is 2.26. The van der Waals surface area contributed by atoms with Crippen LogP contribution in [0.15, 0.2) is 18.2 Å². The Morgan fingerprint density at radius 1 is 1.56 bits per heavy atom. The van der Waals surface area contributed by atoms with E-state index < -0.39 is 5.97 Å². The molecule has 1 aromatic carbocycles. The van der Waals surface area contributed by atoms with Crippen molar-refractivity contribution in [1.82, 2.24) is 4.90 Å². The highest BCUT2D eigenvalue weighted by Crippen LogP contribution is 2.30. The average Bonchev–Trinajstić information content (AvgIpc) is 2.64. The highest BCUT2D eigenvalue weighted by molar-refractivity contribution is 5.89. The Morgan fingerprint density at radius 3 is 2.81 bits per heavy atom. The maximum absolute atomic E-state index is 10.8. The molecule has 1 fully saturated rings. The molecule has 0 saturated carbocycles. The number of carboxylic acid groups (broad SMARTS) is 1. The van der Waals surface area contributed by atoms with Gasteiger partial charge in [-0.2, -0.15) is 0 Å². The van der Waals surface area contributed by atoms with Crippen molar-refractivity contribution in [3.8, 4) is 0 Å². The van der Waals surface area contributed by atoms with Gasteiger partial charge in [-0.05, 0) is 43.6 Å². The van der Waals surface area contributed by atoms with Gasteiger partial charge < -0.3 is 15.7 Å². The summed E-state index contributed by atoms with van der Waals surface area (Å²) in [4.78, 5) is 13.0. The number of carbonyl (C=O) groups is 1. The highest BCUT2D eigenvalue weighted by Gasteiger charge is 2.23. The molecule has 0 bridgehead atoms. The lowest BCUT2D eigenvalue weighted by Gasteiger charge is -2.13. The fraction of sp³-hybridized carbons (Fsp3) is 0.417. The van der Waals surface area contributed by atoms with E-state index in [1.54, 1.807) is 12.1 Å². The number of nitrogens with two attached hydrogens (primary N) is 1. The van der Waals surface area contributed by atoms with E-state index in [2.05, 4.69) is 11.9 Å². The molecule has 2 rings (SSSR count). The number of anilines is 1. The van der Waals surface area contributed by atoms with Gasteiger partial charge in [0.15, 0.2) is 0 Å². The van der Waals surface area contributed by atoms with E-state index in [1.807, 2.05) is 6.07 Å². The summed E-state index contributed by atoms with van der Waals surface area (Å²) >= 11 is 0. The van der Waals surface area contributed by atoms with E-state index in [4.69, 9.17) is 10.8 Å². The van der Waals surface area contributed by atoms with Crippen LogP contribution in [-0.4, -0.2) is 36.1 Å². The fourth-order valence-corrected chi connectivity index (χ4v) is 2.27. The van der Waals surface area contributed by atoms with E-state index >= 15 is 0 Å². The van der Waals surface area contributed by atoms with E-state index in [0.29, 0.717) is 11.6 Å². The minimum Gasteiger partial charge on any atom is -0.478 e. The molecule has 0 spiro atoms. The second-order valence-electron chi connectivity index (χ2n) is 4.40. The van der Waals surface area contributed by atoms with Gasteiger partial charge in [0.1, 0.15) is 0 Å². The smallest absolute Gasteiger partial charge is 0.335 e. The van der Waals surface area contributed by atoms with Crippen molar-refractivity contribution in [2.24, 2.45) is 0 Å². The number of likely N-dealkylation sites (N-methyl/N-ethyl adjacent to an activating group) is 1. The molecule has 4 nitrogen and oxygen atoms in total. The zero-order valence-electron chi connectivity index (χ0n) is 9.31. The molecule has 3 N–H and O–H groups in total. The number of hydrogen-bond acceptors (Lipinski definition) is 3. The van der Waals surface area contributed by atoms with Crippen LogP contribution in [0.2, 0.25) is 0 Å². The number of hydrogen-bond donors (Lipinski definition) is 2. The number of nitrogen functional groups attached to an aromatic ring is 1. The number of likely N-dealkylation sites (tertiary alicyclic amines) is 1. The zero-order valence-corrected chi connectivity index (χ0v) is 9.31. The molecule has 0 radical (unpaired) electrons. The molecule has 0 aliphatic carbocycles. The van der Waals surface area contributed by atoms with Crippen molar-refractivity contribution in [3.05, 3.63) is 29.3 Å². The standard InChI is InChI=1S/C12H16N2O2/c1-14-5-4-9(7-14)10-3-2-8(12(15)16)6-11(10)13/h2-3,6,9H,4-5,7,13H2,1H3,(H,15,16). The first kappa shape index (κ1) is 11.0. The Kier molecular flexibility index (Phi) is 2.83. The molecule has 0 amide bonds. The topological polar surface area (TPSA) is 66.6 Å². The van der Waals surface area contributed by atoms with Crippen molar-refractivity contribution in [1.29, 1.82) is 0 Å². The Hall–Kier alpha value is -1.55. The largest absolute Gasteiger partial charge is 0.478 e. The van der Waals surface area contributed by atoms with Gasteiger partial charge in [-0.1, -0.05) is 6.07 Å². The maximum Gasteiger partial charge on any atom is 0.335 e. The van der Waals surface area contributed by atoms with Crippen LogP contribution in [0.4, 0.5) is 5.69 Å². The summed E-state index contributed by atoms with van der Waals surface area (Å²) < 4.78 is 0. The second-order valence-corrected chi connectivity index (χ2v) is 4.40. The van der Waals surface area contributed by atoms with Gasteiger partial charge in [0, 0.05) is 12.2 Å². The van der Waals surface area contributed by atoms with Crippen LogP contribution in [0.3, 0.4) is 0 Å². The molecule has 1 aliphatic heterocycles. The summed E-state index contributed by atoms with van der Waals surface area (Å²) in [6.07, 6.45) is 1.09. The number of rotatable bonds is 2. The Labute approximate surface area is 94.7 Å². The molecular formula is C12H16N2O2. The average molecular weight is 220 g/mol. The third kappa shape index (κ3) is 2.02. The van der Waals surface area contributed by atoms with Crippen LogP contribution in [0.5, 0.6) is 0 Å². The molecular weight excluding hydrogens is 204 g/mol. The summed E-state index contributed by atoms with van der Waals surface area (Å²) in [5.74, 6) is -0.491. The van der Waals surface area contributed by atoms with Gasteiger partial charge in [0.25, 0.3) is 0 Å². The second kappa shape index (κ2) is 4.14. The fourth-order valence-electron chi connectivity index (χ4n) is 2.27. The van der Waals surface area contributed by atoms with Gasteiger partial charge in [0.05, 0.1) is 5.56 Å². The lowest BCUT2D eigenvalue weighted by molar-refractivity contribution is 0.0697. The summed E-state index contributed by atoms with van der Waals surface area (Å²) in [5.41, 5.74) is 7.84. The van der Waals surface area contributed by atoms with Crippen molar-refractivity contribution < 1.29 is 9.90 Å². The lowest BCUT2D eigenvalue weighted by Crippen LogP contribution is -2.14. The molecule has 16 heavy (non-hydrogen) atoms. The minimum atomic E-state index is -0.929. The quantitative estimate of drug-likeness (QED) is 0.739. The number of aromatic carboxylic acids is 1. The normalized spacial score (nSPS) is 21.2. The summed E-state index contributed by atoms with van der Waals surface area (Å²) in [6, 6.07) is 5.03. The molecule has 86 valence electrons. The van der Waals surface area contributed by atoms with Crippen molar-refractivity contribution in [2.45, 2.75) is 12.3 Å². The molecule has 0 aromatic heterocycles. The summed E-state index contributed by atoms with van der Waals surface area (Å²) in [6.45, 7) is 2.07. The molecule has 1 saturated heterocycles. The van der Waals surface area contributed by atoms with Gasteiger partial charge in [-0.25, -0.2) is 4.79 Å². The third-order valence-corrected chi connectivity index (χ3v) is 3.16. The van der Waals surface area contributed by atoms with Gasteiger partial charge in [0.2, 0.25) is 0 Å². The van der Waals surface area contributed by atoms with Crippen LogP contribution >= 0.6 is 0 Å². The number of benzene rings is 1. The van der Waals surface area contributed by atoms with E-state index in [0.717, 1.165) is 25.1 Å². The predicted octanol–water partition coefficient (Wildman–Crippen LogP) is 1.39. The van der Waals surface area contributed by atoms with Gasteiger partial charge in [-0.3, -0.25) is 0 Å². The predicted molar refractivity (Wildman–Crippen MR) is 62.7 cm³/mol. The zero-order chi connectivity index (χ0) is 11.7. The highest BCUT2D eigenvalue weighted by atomic mass is 16.4. The monoisotopic (exact) mass is 220 g/mol. The van der Waals surface area contributed by atoms with Crippen LogP contribution in [0, 0.1) is 0 Å². The van der Waals surface area contributed by atoms with E-state index in [-0.39, 0.29) is 5.56 Å². The Bertz CT molecular complexity index is 417. The third-order valence-electron chi connectivity index (χ3n) is 3.16. The van der Waals surface area contributed by atoms with Crippen molar-refractivity contribution in [3.63, 3.8) is 0 Å². The summed E-state index contributed by atoms with van der Waals surface area (Å²) in [7, 11) is 2.09. The van der Waals surface area contributed by atoms with Crippen LogP contribution in [0.1, 0.15) is 28.3 Å². The van der Waals surface area contributed by atoms with Crippen molar-refractivity contribution in [2.75, 3.05) is 25.9 Å². The van der Waals surface area contributed by atoms with E-state index in [1.165, 1.54) is 0 Å². The van der Waals surface area contributed by atoms with Gasteiger partial charge >= 0.3 is 5.97 Å². The first-order chi connectivity index (χ1) is 7.58. The van der Waals surface area contributed by atoms with Gasteiger partial charge in [-0.15, -0.1) is 0 Å². The summed E-state index contributed by atoms with van der Waals surface area (Å²) in [5, 5.41) is 8.84. The Morgan fingerprint density at radius 2 is 2.31 bits per heavy atom. The van der Waals surface area contributed by atoms with Crippen LogP contribution in [-0.2, 0) is 0 Å². The molecule has 4 heteroatoms. The minimum absolute atomic E-state index is 0.257. The van der Waals surface area contributed by atoms with E-state index in [9.17, 15) is 4.79 Å². The molecule has 1 aliphatic rings. The first-order valence-electron chi connectivity index (χ1n) is 5.39. The first-order valence-corrected chi connectivity index (χ1v) is 5.39. The molecule has 1 aromatic rings.